The topological polar surface area (TPSA) is 87.6 Å². The summed E-state index contributed by atoms with van der Waals surface area (Å²) < 4.78 is 10.3. The van der Waals surface area contributed by atoms with Crippen LogP contribution in [0.3, 0.4) is 0 Å². The van der Waals surface area contributed by atoms with Gasteiger partial charge < -0.3 is 24.4 Å². The first-order valence-corrected chi connectivity index (χ1v) is 8.33. The van der Waals surface area contributed by atoms with E-state index >= 15 is 0 Å². The van der Waals surface area contributed by atoms with Gasteiger partial charge in [0.15, 0.2) is 5.58 Å². The molecule has 0 bridgehead atoms. The minimum absolute atomic E-state index is 0.0385. The summed E-state index contributed by atoms with van der Waals surface area (Å²) in [5, 5.41) is 3.00. The van der Waals surface area contributed by atoms with Crippen molar-refractivity contribution in [2.45, 2.75) is 25.8 Å². The molecule has 128 valence electrons. The molecule has 2 aromatic rings. The lowest BCUT2D eigenvalue weighted by Crippen LogP contribution is -2.46. The van der Waals surface area contributed by atoms with Gasteiger partial charge in [0.2, 0.25) is 0 Å². The normalized spacial score (nSPS) is 15.5. The number of hydrogen-bond donors (Lipinski definition) is 2. The summed E-state index contributed by atoms with van der Waals surface area (Å²) in [7, 11) is 0. The zero-order valence-corrected chi connectivity index (χ0v) is 14.1. The van der Waals surface area contributed by atoms with Gasteiger partial charge in [-0.05, 0) is 50.2 Å². The number of carbonyl (C=O) groups excluding carboxylic acids is 2. The van der Waals surface area contributed by atoms with Gasteiger partial charge in [0.25, 0.3) is 10.7 Å². The number of benzene rings is 1. The number of ether oxygens (including phenoxy) is 1. The molecule has 0 radical (unpaired) electrons. The Kier molecular flexibility index (Phi) is 4.84. The minimum atomic E-state index is -0.290. The van der Waals surface area contributed by atoms with E-state index in [9.17, 15) is 9.59 Å². The third-order valence-electron chi connectivity index (χ3n) is 4.04. The van der Waals surface area contributed by atoms with Crippen LogP contribution in [-0.4, -0.2) is 47.6 Å². The van der Waals surface area contributed by atoms with E-state index in [4.69, 9.17) is 21.4 Å². The van der Waals surface area contributed by atoms with Crippen molar-refractivity contribution in [2.75, 3.05) is 19.7 Å². The highest BCUT2D eigenvalue weighted by Crippen LogP contribution is 2.17. The lowest BCUT2D eigenvalue weighted by Gasteiger charge is -2.31. The Morgan fingerprint density at radius 1 is 1.42 bits per heavy atom. The van der Waals surface area contributed by atoms with E-state index in [1.807, 2.05) is 0 Å². The third-order valence-corrected chi connectivity index (χ3v) is 4.22. The number of likely N-dealkylation sites (tertiary alicyclic amines) is 1. The Labute approximate surface area is 144 Å². The quantitative estimate of drug-likeness (QED) is 0.832. The average molecular weight is 349 g/mol. The Hall–Kier alpha value is -2.35. The smallest absolute Gasteiger partial charge is 0.409 e. The molecule has 0 spiro atoms. The number of fused-ring (bicyclic) bond motifs is 1. The molecule has 1 fully saturated rings. The Bertz CT molecular complexity index is 805. The van der Waals surface area contributed by atoms with Crippen LogP contribution in [0.5, 0.6) is 0 Å². The number of aromatic amines is 1. The molecule has 1 saturated heterocycles. The minimum Gasteiger partial charge on any atom is -0.450 e. The van der Waals surface area contributed by atoms with Gasteiger partial charge in [-0.2, -0.15) is 0 Å². The number of carbonyl (C=O) groups is 2. The highest BCUT2D eigenvalue weighted by Gasteiger charge is 2.24. The molecule has 2 N–H and O–H groups in total. The van der Waals surface area contributed by atoms with Crippen molar-refractivity contribution < 1.29 is 18.7 Å². The van der Waals surface area contributed by atoms with E-state index in [0.29, 0.717) is 43.7 Å². The van der Waals surface area contributed by atoms with Crippen LogP contribution in [0.1, 0.15) is 30.1 Å². The third kappa shape index (κ3) is 3.59. The van der Waals surface area contributed by atoms with Gasteiger partial charge in [0, 0.05) is 24.7 Å². The second-order valence-electron chi connectivity index (χ2n) is 5.66. The van der Waals surface area contributed by atoms with E-state index < -0.39 is 0 Å². The van der Waals surface area contributed by atoms with Crippen LogP contribution in [0.25, 0.3) is 11.1 Å². The first kappa shape index (κ1) is 16.5. The molecule has 0 aliphatic carbocycles. The van der Waals surface area contributed by atoms with Gasteiger partial charge in [-0.15, -0.1) is 0 Å². The molecule has 2 amide bonds. The Morgan fingerprint density at radius 2 is 2.17 bits per heavy atom. The van der Waals surface area contributed by atoms with Crippen LogP contribution in [0.2, 0.25) is 0 Å². The molecule has 0 unspecified atom stereocenters. The van der Waals surface area contributed by atoms with Crippen LogP contribution in [-0.2, 0) is 4.74 Å². The fraction of sp³-hybridized carbons (Fsp3) is 0.438. The molecular weight excluding hydrogens is 330 g/mol. The van der Waals surface area contributed by atoms with Crippen molar-refractivity contribution in [3.05, 3.63) is 28.6 Å². The van der Waals surface area contributed by atoms with Crippen molar-refractivity contribution in [3.8, 4) is 0 Å². The summed E-state index contributed by atoms with van der Waals surface area (Å²) in [5.74, 6) is -0.159. The van der Waals surface area contributed by atoms with Crippen molar-refractivity contribution in [3.63, 3.8) is 0 Å². The van der Waals surface area contributed by atoms with Crippen molar-refractivity contribution >= 4 is 35.3 Å². The lowest BCUT2D eigenvalue weighted by molar-refractivity contribution is 0.0860. The van der Waals surface area contributed by atoms with Gasteiger partial charge in [0.1, 0.15) is 0 Å². The predicted molar refractivity (Wildman–Crippen MR) is 90.5 cm³/mol. The molecule has 7 nitrogen and oxygen atoms in total. The lowest BCUT2D eigenvalue weighted by atomic mass is 10.0. The number of amides is 2. The van der Waals surface area contributed by atoms with Crippen molar-refractivity contribution in [1.82, 2.24) is 15.2 Å². The molecule has 0 atom stereocenters. The van der Waals surface area contributed by atoms with Crippen molar-refractivity contribution in [1.29, 1.82) is 0 Å². The summed E-state index contributed by atoms with van der Waals surface area (Å²) in [6.07, 6.45) is 1.12. The summed E-state index contributed by atoms with van der Waals surface area (Å²) in [6, 6.07) is 5.21. The molecular formula is C16H19N3O4S. The average Bonchev–Trinajstić information content (AvgIpc) is 2.94. The maximum absolute atomic E-state index is 12.4. The fourth-order valence-electron chi connectivity index (χ4n) is 2.78. The van der Waals surface area contributed by atoms with Crippen LogP contribution in [0, 0.1) is 4.84 Å². The van der Waals surface area contributed by atoms with E-state index in [1.165, 1.54) is 0 Å². The molecule has 1 aliphatic heterocycles. The van der Waals surface area contributed by atoms with Crippen molar-refractivity contribution in [2.24, 2.45) is 0 Å². The molecule has 8 heteroatoms. The number of piperidine rings is 1. The van der Waals surface area contributed by atoms with Gasteiger partial charge in [-0.25, -0.2) is 4.79 Å². The van der Waals surface area contributed by atoms with Crippen LogP contribution < -0.4 is 5.32 Å². The number of nitrogens with one attached hydrogen (secondary N) is 2. The molecule has 24 heavy (non-hydrogen) atoms. The summed E-state index contributed by atoms with van der Waals surface area (Å²) in [5.41, 5.74) is 1.84. The molecule has 1 aliphatic rings. The van der Waals surface area contributed by atoms with E-state index in [2.05, 4.69) is 10.3 Å². The molecule has 2 heterocycles. The second kappa shape index (κ2) is 7.04. The number of hydrogen-bond acceptors (Lipinski definition) is 5. The second-order valence-corrected chi connectivity index (χ2v) is 6.03. The van der Waals surface area contributed by atoms with Crippen LogP contribution in [0.15, 0.2) is 22.6 Å². The largest absolute Gasteiger partial charge is 0.450 e. The zero-order chi connectivity index (χ0) is 17.1. The summed E-state index contributed by atoms with van der Waals surface area (Å²) in [6.45, 7) is 3.31. The first-order valence-electron chi connectivity index (χ1n) is 7.92. The molecule has 3 rings (SSSR count). The number of aromatic nitrogens is 1. The number of nitrogens with zero attached hydrogens (tertiary/aromatic N) is 1. The van der Waals surface area contributed by atoms with Crippen LogP contribution >= 0.6 is 12.2 Å². The Balaban J connectivity index is 1.58. The highest BCUT2D eigenvalue weighted by atomic mass is 32.1. The zero-order valence-electron chi connectivity index (χ0n) is 13.3. The Morgan fingerprint density at radius 3 is 2.88 bits per heavy atom. The molecule has 0 saturated carbocycles. The maximum Gasteiger partial charge on any atom is 0.409 e. The number of H-pyrrole nitrogens is 1. The highest BCUT2D eigenvalue weighted by molar-refractivity contribution is 7.71. The SMILES string of the molecule is CCOC(=O)N1CCC(NC(=O)c2ccc3[nH]c(=S)oc3c2)CC1. The summed E-state index contributed by atoms with van der Waals surface area (Å²) >= 11 is 4.94. The monoisotopic (exact) mass is 349 g/mol. The van der Waals surface area contributed by atoms with Gasteiger partial charge in [-0.1, -0.05) is 0 Å². The first-order chi connectivity index (χ1) is 11.6. The van der Waals surface area contributed by atoms with E-state index in [-0.39, 0.29) is 22.9 Å². The van der Waals surface area contributed by atoms with Crippen LogP contribution in [0.4, 0.5) is 4.79 Å². The van der Waals surface area contributed by atoms with Gasteiger partial charge in [0.05, 0.1) is 12.1 Å². The predicted octanol–water partition coefficient (Wildman–Crippen LogP) is 2.84. The molecule has 1 aromatic carbocycles. The van der Waals surface area contributed by atoms with E-state index in [0.717, 1.165) is 5.52 Å². The molecule has 1 aromatic heterocycles. The summed E-state index contributed by atoms with van der Waals surface area (Å²) in [4.78, 5) is 28.9. The standard InChI is InChI=1S/C16H19N3O4S/c1-2-22-16(21)19-7-5-11(6-8-19)17-14(20)10-3-4-12-13(9-10)23-15(24)18-12/h3-4,9,11H,2,5-8H2,1H3,(H,17,20)(H,18,24). The van der Waals surface area contributed by atoms with Gasteiger partial charge >= 0.3 is 6.09 Å². The van der Waals surface area contributed by atoms with E-state index in [1.54, 1.807) is 30.0 Å². The van der Waals surface area contributed by atoms with Gasteiger partial charge in [-0.3, -0.25) is 4.79 Å². The number of rotatable bonds is 3. The fourth-order valence-corrected chi connectivity index (χ4v) is 2.98. The number of oxazole rings is 1. The maximum atomic E-state index is 12.4.